The zero-order valence-corrected chi connectivity index (χ0v) is 9.90. The van der Waals surface area contributed by atoms with Crippen LogP contribution in [0.4, 0.5) is 8.78 Å². The Kier molecular flexibility index (Phi) is 8.07. The number of nitrogens with one attached hydrogen (secondary N) is 1. The standard InChI is InChI=1S/C11H22F2N2O/c1-2-3-4-5-6-7-10(16)15-9-11(12,13)8-14/h2-9,14H2,1H3,(H,15,16). The molecule has 0 bridgehead atoms. The van der Waals surface area contributed by atoms with E-state index in [1.807, 2.05) is 0 Å². The van der Waals surface area contributed by atoms with Crippen LogP contribution in [-0.2, 0) is 4.79 Å². The highest BCUT2D eigenvalue weighted by Gasteiger charge is 2.26. The average Bonchev–Trinajstić information content (AvgIpc) is 2.26. The third-order valence-electron chi connectivity index (χ3n) is 2.35. The van der Waals surface area contributed by atoms with Crippen molar-refractivity contribution in [3.05, 3.63) is 0 Å². The minimum absolute atomic E-state index is 0.315. The summed E-state index contributed by atoms with van der Waals surface area (Å²) in [5, 5.41) is 2.20. The predicted molar refractivity (Wildman–Crippen MR) is 60.4 cm³/mol. The summed E-state index contributed by atoms with van der Waals surface area (Å²) in [7, 11) is 0. The largest absolute Gasteiger partial charge is 0.350 e. The Morgan fingerprint density at radius 3 is 2.44 bits per heavy atom. The number of alkyl halides is 2. The lowest BCUT2D eigenvalue weighted by molar-refractivity contribution is -0.123. The normalized spacial score (nSPS) is 11.5. The van der Waals surface area contributed by atoms with Crippen LogP contribution in [0.2, 0.25) is 0 Å². The Morgan fingerprint density at radius 1 is 1.25 bits per heavy atom. The van der Waals surface area contributed by atoms with Crippen molar-refractivity contribution in [1.82, 2.24) is 5.32 Å². The van der Waals surface area contributed by atoms with Crippen molar-refractivity contribution in [2.75, 3.05) is 13.1 Å². The van der Waals surface area contributed by atoms with Crippen molar-refractivity contribution in [2.45, 2.75) is 51.4 Å². The molecule has 0 aliphatic carbocycles. The van der Waals surface area contributed by atoms with Crippen LogP contribution in [0.3, 0.4) is 0 Å². The lowest BCUT2D eigenvalue weighted by atomic mass is 10.1. The van der Waals surface area contributed by atoms with Gasteiger partial charge in [0.15, 0.2) is 0 Å². The summed E-state index contributed by atoms with van der Waals surface area (Å²) in [6.45, 7) is 0.725. The summed E-state index contributed by atoms with van der Waals surface area (Å²) in [4.78, 5) is 11.2. The number of halogens is 2. The highest BCUT2D eigenvalue weighted by molar-refractivity contribution is 5.75. The van der Waals surface area contributed by atoms with E-state index < -0.39 is 19.0 Å². The van der Waals surface area contributed by atoms with E-state index in [0.717, 1.165) is 32.1 Å². The van der Waals surface area contributed by atoms with Gasteiger partial charge in [0.2, 0.25) is 5.91 Å². The van der Waals surface area contributed by atoms with Crippen molar-refractivity contribution < 1.29 is 13.6 Å². The first-order valence-electron chi connectivity index (χ1n) is 5.86. The lowest BCUT2D eigenvalue weighted by Gasteiger charge is -2.14. The number of carbonyl (C=O) groups excluding carboxylic acids is 1. The van der Waals surface area contributed by atoms with Gasteiger partial charge in [-0.2, -0.15) is 0 Å². The maximum absolute atomic E-state index is 12.7. The van der Waals surface area contributed by atoms with E-state index in [2.05, 4.69) is 12.2 Å². The highest BCUT2D eigenvalue weighted by atomic mass is 19.3. The van der Waals surface area contributed by atoms with Crippen LogP contribution in [0.1, 0.15) is 45.4 Å². The number of hydrogen-bond acceptors (Lipinski definition) is 2. The maximum atomic E-state index is 12.7. The summed E-state index contributed by atoms with van der Waals surface area (Å²) in [5.41, 5.74) is 4.85. The Morgan fingerprint density at radius 2 is 1.88 bits per heavy atom. The smallest absolute Gasteiger partial charge is 0.277 e. The van der Waals surface area contributed by atoms with Crippen molar-refractivity contribution in [1.29, 1.82) is 0 Å². The van der Waals surface area contributed by atoms with Crippen LogP contribution in [0.15, 0.2) is 0 Å². The second-order valence-corrected chi connectivity index (χ2v) is 4.00. The third kappa shape index (κ3) is 8.59. The van der Waals surface area contributed by atoms with Crippen molar-refractivity contribution in [2.24, 2.45) is 5.73 Å². The second-order valence-electron chi connectivity index (χ2n) is 4.00. The quantitative estimate of drug-likeness (QED) is 0.602. The van der Waals surface area contributed by atoms with E-state index in [0.29, 0.717) is 6.42 Å². The summed E-state index contributed by atoms with van der Waals surface area (Å²) < 4.78 is 25.3. The van der Waals surface area contributed by atoms with E-state index in [4.69, 9.17) is 5.73 Å². The van der Waals surface area contributed by atoms with Crippen LogP contribution < -0.4 is 11.1 Å². The molecule has 96 valence electrons. The van der Waals surface area contributed by atoms with E-state index in [9.17, 15) is 13.6 Å². The van der Waals surface area contributed by atoms with E-state index in [-0.39, 0.29) is 5.91 Å². The van der Waals surface area contributed by atoms with Gasteiger partial charge in [-0.15, -0.1) is 0 Å². The molecule has 3 N–H and O–H groups in total. The van der Waals surface area contributed by atoms with Gasteiger partial charge in [-0.3, -0.25) is 4.79 Å². The molecule has 0 saturated carbocycles. The Hall–Kier alpha value is -0.710. The number of amides is 1. The van der Waals surface area contributed by atoms with Crippen LogP contribution in [-0.4, -0.2) is 24.9 Å². The Bertz CT molecular complexity index is 198. The van der Waals surface area contributed by atoms with E-state index in [1.165, 1.54) is 0 Å². The van der Waals surface area contributed by atoms with Crippen LogP contribution in [0.25, 0.3) is 0 Å². The molecule has 16 heavy (non-hydrogen) atoms. The van der Waals surface area contributed by atoms with Gasteiger partial charge in [0.1, 0.15) is 0 Å². The molecule has 0 aromatic rings. The molecular weight excluding hydrogens is 214 g/mol. The van der Waals surface area contributed by atoms with E-state index >= 15 is 0 Å². The van der Waals surface area contributed by atoms with Gasteiger partial charge in [-0.05, 0) is 6.42 Å². The fourth-order valence-corrected chi connectivity index (χ4v) is 1.28. The van der Waals surface area contributed by atoms with Crippen molar-refractivity contribution in [3.8, 4) is 0 Å². The van der Waals surface area contributed by atoms with E-state index in [1.54, 1.807) is 0 Å². The molecule has 0 saturated heterocycles. The van der Waals surface area contributed by atoms with Gasteiger partial charge in [-0.1, -0.05) is 32.6 Å². The molecule has 0 unspecified atom stereocenters. The minimum atomic E-state index is -2.99. The average molecular weight is 236 g/mol. The molecule has 0 aromatic carbocycles. The maximum Gasteiger partial charge on any atom is 0.277 e. The van der Waals surface area contributed by atoms with Gasteiger partial charge in [-0.25, -0.2) is 8.78 Å². The molecule has 3 nitrogen and oxygen atoms in total. The van der Waals surface area contributed by atoms with Crippen LogP contribution >= 0.6 is 0 Å². The number of unbranched alkanes of at least 4 members (excludes halogenated alkanes) is 4. The monoisotopic (exact) mass is 236 g/mol. The first-order valence-corrected chi connectivity index (χ1v) is 5.86. The fourth-order valence-electron chi connectivity index (χ4n) is 1.28. The number of hydrogen-bond donors (Lipinski definition) is 2. The van der Waals surface area contributed by atoms with Crippen LogP contribution in [0.5, 0.6) is 0 Å². The minimum Gasteiger partial charge on any atom is -0.350 e. The summed E-state index contributed by atoms with van der Waals surface area (Å²) in [6, 6.07) is 0. The number of carbonyl (C=O) groups is 1. The zero-order valence-electron chi connectivity index (χ0n) is 9.90. The SMILES string of the molecule is CCCCCCCC(=O)NCC(F)(F)CN. The molecule has 5 heteroatoms. The molecule has 0 aliphatic rings. The predicted octanol–water partition coefficient (Wildman–Crippen LogP) is 2.06. The van der Waals surface area contributed by atoms with Gasteiger partial charge in [0.05, 0.1) is 13.1 Å². The summed E-state index contributed by atoms with van der Waals surface area (Å²) >= 11 is 0. The molecule has 0 aromatic heterocycles. The summed E-state index contributed by atoms with van der Waals surface area (Å²) in [5.74, 6) is -3.30. The topological polar surface area (TPSA) is 55.1 Å². The molecule has 0 fully saturated rings. The summed E-state index contributed by atoms with van der Waals surface area (Å²) in [6.07, 6.45) is 5.48. The van der Waals surface area contributed by atoms with Gasteiger partial charge in [0.25, 0.3) is 5.92 Å². The van der Waals surface area contributed by atoms with Crippen molar-refractivity contribution >= 4 is 5.91 Å². The van der Waals surface area contributed by atoms with Gasteiger partial charge < -0.3 is 11.1 Å². The molecule has 0 rings (SSSR count). The molecule has 0 heterocycles. The van der Waals surface area contributed by atoms with Gasteiger partial charge >= 0.3 is 0 Å². The fraction of sp³-hybridized carbons (Fsp3) is 0.909. The third-order valence-corrected chi connectivity index (χ3v) is 2.35. The zero-order chi connectivity index (χ0) is 12.4. The second kappa shape index (κ2) is 8.44. The number of rotatable bonds is 9. The molecular formula is C11H22F2N2O. The molecule has 0 spiro atoms. The Balaban J connectivity index is 3.45. The Labute approximate surface area is 95.8 Å². The van der Waals surface area contributed by atoms with Crippen molar-refractivity contribution in [3.63, 3.8) is 0 Å². The van der Waals surface area contributed by atoms with Crippen LogP contribution in [0, 0.1) is 0 Å². The molecule has 1 amide bonds. The number of nitrogens with two attached hydrogens (primary N) is 1. The first kappa shape index (κ1) is 15.3. The molecule has 0 aliphatic heterocycles. The molecule has 0 radical (unpaired) electrons. The van der Waals surface area contributed by atoms with Gasteiger partial charge in [0, 0.05) is 6.42 Å². The highest BCUT2D eigenvalue weighted by Crippen LogP contribution is 2.09. The molecule has 0 atom stereocenters. The lowest BCUT2D eigenvalue weighted by Crippen LogP contribution is -2.41. The first-order chi connectivity index (χ1) is 7.52.